The van der Waals surface area contributed by atoms with Crippen molar-refractivity contribution in [2.75, 3.05) is 20.6 Å². The molecule has 3 aromatic rings. The molecule has 0 aliphatic heterocycles. The largest absolute Gasteiger partial charge is 0.356 e. The molecule has 8 heteroatoms. The molecule has 2 heterocycles. The second kappa shape index (κ2) is 10.0. The van der Waals surface area contributed by atoms with Crippen LogP contribution >= 0.6 is 0 Å². The second-order valence-electron chi connectivity index (χ2n) is 6.37. The number of hydrogen-bond acceptors (Lipinski definition) is 4. The molecule has 0 saturated carbocycles. The van der Waals surface area contributed by atoms with E-state index in [9.17, 15) is 4.79 Å². The van der Waals surface area contributed by atoms with E-state index >= 15 is 0 Å². The van der Waals surface area contributed by atoms with Gasteiger partial charge in [0.05, 0.1) is 0 Å². The van der Waals surface area contributed by atoms with Crippen LogP contribution in [-0.4, -0.2) is 47.0 Å². The Morgan fingerprint density at radius 3 is 2.79 bits per heavy atom. The molecule has 3 N–H and O–H groups in total. The third kappa shape index (κ3) is 5.65. The van der Waals surface area contributed by atoms with E-state index in [0.717, 1.165) is 23.4 Å². The highest BCUT2D eigenvalue weighted by molar-refractivity contribution is 5.94. The number of nitrogens with zero attached hydrogens (tertiary/aromatic N) is 4. The van der Waals surface area contributed by atoms with Gasteiger partial charge in [-0.15, -0.1) is 0 Å². The van der Waals surface area contributed by atoms with Gasteiger partial charge in [0.15, 0.2) is 5.96 Å². The second-order valence-corrected chi connectivity index (χ2v) is 6.37. The van der Waals surface area contributed by atoms with Gasteiger partial charge in [0.25, 0.3) is 5.91 Å². The van der Waals surface area contributed by atoms with Gasteiger partial charge >= 0.3 is 0 Å². The van der Waals surface area contributed by atoms with Crippen molar-refractivity contribution < 1.29 is 4.79 Å². The topological polar surface area (TPSA) is 96.2 Å². The molecule has 0 radical (unpaired) electrons. The Bertz CT molecular complexity index is 967. The number of amides is 1. The summed E-state index contributed by atoms with van der Waals surface area (Å²) in [5, 5.41) is 9.25. The monoisotopic (exact) mass is 391 g/mol. The van der Waals surface area contributed by atoms with Gasteiger partial charge in [0.2, 0.25) is 0 Å². The SMILES string of the molecule is CN=C(NCCc1cccc(C(=O)NC)c1)NCc1ccnc(-n2ccnc2)c1. The van der Waals surface area contributed by atoms with Crippen LogP contribution in [0.3, 0.4) is 0 Å². The average Bonchev–Trinajstić information content (AvgIpc) is 3.31. The summed E-state index contributed by atoms with van der Waals surface area (Å²) < 4.78 is 1.86. The molecular weight excluding hydrogens is 366 g/mol. The summed E-state index contributed by atoms with van der Waals surface area (Å²) in [6.07, 6.45) is 7.87. The van der Waals surface area contributed by atoms with Crippen molar-refractivity contribution in [2.45, 2.75) is 13.0 Å². The molecule has 1 aromatic carbocycles. The van der Waals surface area contributed by atoms with E-state index in [4.69, 9.17) is 0 Å². The van der Waals surface area contributed by atoms with Crippen molar-refractivity contribution in [3.63, 3.8) is 0 Å². The number of aromatic nitrogens is 3. The normalized spacial score (nSPS) is 11.2. The Labute approximate surface area is 170 Å². The van der Waals surface area contributed by atoms with Crippen LogP contribution in [0.1, 0.15) is 21.5 Å². The number of hydrogen-bond donors (Lipinski definition) is 3. The van der Waals surface area contributed by atoms with Gasteiger partial charge in [-0.25, -0.2) is 9.97 Å². The zero-order valence-electron chi connectivity index (χ0n) is 16.6. The molecule has 2 aromatic heterocycles. The number of carbonyl (C=O) groups is 1. The first-order chi connectivity index (χ1) is 14.2. The molecule has 0 atom stereocenters. The molecule has 8 nitrogen and oxygen atoms in total. The number of rotatable bonds is 7. The molecule has 0 bridgehead atoms. The highest BCUT2D eigenvalue weighted by Gasteiger charge is 2.05. The Morgan fingerprint density at radius 1 is 1.14 bits per heavy atom. The maximum atomic E-state index is 11.7. The highest BCUT2D eigenvalue weighted by atomic mass is 16.1. The quantitative estimate of drug-likeness (QED) is 0.419. The zero-order chi connectivity index (χ0) is 20.5. The fourth-order valence-corrected chi connectivity index (χ4v) is 2.85. The molecule has 0 aliphatic carbocycles. The molecule has 0 aliphatic rings. The average molecular weight is 391 g/mol. The fraction of sp³-hybridized carbons (Fsp3) is 0.238. The summed E-state index contributed by atoms with van der Waals surface area (Å²) in [4.78, 5) is 24.4. The third-order valence-corrected chi connectivity index (χ3v) is 4.38. The number of imidazole rings is 1. The molecule has 0 fully saturated rings. The van der Waals surface area contributed by atoms with Crippen LogP contribution in [0.25, 0.3) is 5.82 Å². The lowest BCUT2D eigenvalue weighted by Gasteiger charge is -2.13. The molecule has 3 rings (SSSR count). The number of nitrogens with one attached hydrogen (secondary N) is 3. The predicted octanol–water partition coefficient (Wildman–Crippen LogP) is 1.53. The van der Waals surface area contributed by atoms with Crippen molar-refractivity contribution in [1.82, 2.24) is 30.5 Å². The minimum Gasteiger partial charge on any atom is -0.356 e. The van der Waals surface area contributed by atoms with Crippen LogP contribution < -0.4 is 16.0 Å². The minimum absolute atomic E-state index is 0.0790. The maximum Gasteiger partial charge on any atom is 0.251 e. The number of benzene rings is 1. The summed E-state index contributed by atoms with van der Waals surface area (Å²) in [5.41, 5.74) is 2.84. The minimum atomic E-state index is -0.0790. The smallest absolute Gasteiger partial charge is 0.251 e. The van der Waals surface area contributed by atoms with Gasteiger partial charge in [0.1, 0.15) is 12.1 Å². The highest BCUT2D eigenvalue weighted by Crippen LogP contribution is 2.07. The van der Waals surface area contributed by atoms with E-state index in [1.165, 1.54) is 0 Å². The molecule has 150 valence electrons. The Hall–Kier alpha value is -3.68. The van der Waals surface area contributed by atoms with Crippen molar-refractivity contribution in [3.05, 3.63) is 78.0 Å². The van der Waals surface area contributed by atoms with E-state index in [-0.39, 0.29) is 5.91 Å². The molecule has 1 amide bonds. The van der Waals surface area contributed by atoms with Crippen molar-refractivity contribution in [1.29, 1.82) is 0 Å². The lowest BCUT2D eigenvalue weighted by molar-refractivity contribution is 0.0963. The van der Waals surface area contributed by atoms with Crippen LogP contribution in [-0.2, 0) is 13.0 Å². The third-order valence-electron chi connectivity index (χ3n) is 4.38. The predicted molar refractivity (Wildman–Crippen MR) is 113 cm³/mol. The lowest BCUT2D eigenvalue weighted by Crippen LogP contribution is -2.37. The first kappa shape index (κ1) is 20.1. The van der Waals surface area contributed by atoms with Gasteiger partial charge in [0, 0.05) is 51.3 Å². The van der Waals surface area contributed by atoms with Gasteiger partial charge in [-0.2, -0.15) is 0 Å². The summed E-state index contributed by atoms with van der Waals surface area (Å²) in [7, 11) is 3.37. The first-order valence-corrected chi connectivity index (χ1v) is 9.38. The van der Waals surface area contributed by atoms with Gasteiger partial charge < -0.3 is 16.0 Å². The maximum absolute atomic E-state index is 11.7. The van der Waals surface area contributed by atoms with E-state index in [1.807, 2.05) is 47.2 Å². The Balaban J connectivity index is 1.50. The Kier molecular flexibility index (Phi) is 6.94. The van der Waals surface area contributed by atoms with Crippen molar-refractivity contribution >= 4 is 11.9 Å². The lowest BCUT2D eigenvalue weighted by atomic mass is 10.1. The molecule has 0 spiro atoms. The van der Waals surface area contributed by atoms with Gasteiger partial charge in [-0.3, -0.25) is 14.4 Å². The summed E-state index contributed by atoms with van der Waals surface area (Å²) >= 11 is 0. The van der Waals surface area contributed by atoms with Crippen LogP contribution in [0.2, 0.25) is 0 Å². The number of pyridine rings is 1. The zero-order valence-corrected chi connectivity index (χ0v) is 16.6. The van der Waals surface area contributed by atoms with E-state index in [2.05, 4.69) is 30.9 Å². The van der Waals surface area contributed by atoms with Crippen LogP contribution in [0.4, 0.5) is 0 Å². The van der Waals surface area contributed by atoms with E-state index < -0.39 is 0 Å². The van der Waals surface area contributed by atoms with Crippen LogP contribution in [0.15, 0.2) is 66.3 Å². The molecule has 0 saturated heterocycles. The van der Waals surface area contributed by atoms with Gasteiger partial charge in [-0.1, -0.05) is 12.1 Å². The van der Waals surface area contributed by atoms with Crippen LogP contribution in [0, 0.1) is 0 Å². The summed E-state index contributed by atoms with van der Waals surface area (Å²) in [6, 6.07) is 11.6. The number of carbonyl (C=O) groups excluding carboxylic acids is 1. The van der Waals surface area contributed by atoms with E-state index in [1.54, 1.807) is 32.8 Å². The van der Waals surface area contributed by atoms with Crippen molar-refractivity contribution in [2.24, 2.45) is 4.99 Å². The van der Waals surface area contributed by atoms with Crippen molar-refractivity contribution in [3.8, 4) is 5.82 Å². The van der Waals surface area contributed by atoms with Gasteiger partial charge in [-0.05, 0) is 41.8 Å². The summed E-state index contributed by atoms with van der Waals surface area (Å²) in [5.74, 6) is 1.46. The Morgan fingerprint density at radius 2 is 2.03 bits per heavy atom. The molecule has 0 unspecified atom stereocenters. The fourth-order valence-electron chi connectivity index (χ4n) is 2.85. The molecular formula is C21H25N7O. The number of aliphatic imine (C=N–C) groups is 1. The summed E-state index contributed by atoms with van der Waals surface area (Å²) in [6.45, 7) is 1.32. The van der Waals surface area contributed by atoms with E-state index in [0.29, 0.717) is 24.6 Å². The first-order valence-electron chi connectivity index (χ1n) is 9.38. The van der Waals surface area contributed by atoms with Crippen LogP contribution in [0.5, 0.6) is 0 Å². The standard InChI is InChI=1S/C21H25N7O/c1-22-20(29)18-5-3-4-16(12-18)6-9-26-21(23-2)27-14-17-7-8-25-19(13-17)28-11-10-24-15-28/h3-5,7-8,10-13,15H,6,9,14H2,1-2H3,(H,22,29)(H2,23,26,27). The molecule has 29 heavy (non-hydrogen) atoms. The number of guanidine groups is 1.